The third kappa shape index (κ3) is 5.27. The molecule has 0 radical (unpaired) electrons. The largest absolute Gasteiger partial charge is 0.350 e. The van der Waals surface area contributed by atoms with Crippen LogP contribution in [0.3, 0.4) is 0 Å². The SMILES string of the molecule is CCCS(=O)(=O)N1CCN(CCNC(=O)c2ccc(C)s2)CC1. The molecule has 1 saturated heterocycles. The zero-order chi connectivity index (χ0) is 16.9. The molecule has 2 heterocycles. The van der Waals surface area contributed by atoms with Gasteiger partial charge in [0.2, 0.25) is 10.0 Å². The molecule has 1 N–H and O–H groups in total. The number of amides is 1. The number of piperazine rings is 1. The van der Waals surface area contributed by atoms with Crippen molar-refractivity contribution in [1.82, 2.24) is 14.5 Å². The molecule has 2 rings (SSSR count). The molecular formula is C15H25N3O3S2. The highest BCUT2D eigenvalue weighted by Crippen LogP contribution is 2.14. The summed E-state index contributed by atoms with van der Waals surface area (Å²) in [5, 5.41) is 2.92. The summed E-state index contributed by atoms with van der Waals surface area (Å²) in [6, 6.07) is 3.78. The van der Waals surface area contributed by atoms with Crippen LogP contribution in [0.1, 0.15) is 27.9 Å². The zero-order valence-corrected chi connectivity index (χ0v) is 15.4. The van der Waals surface area contributed by atoms with Crippen LogP contribution in [0, 0.1) is 6.92 Å². The number of thiophene rings is 1. The molecule has 1 aliphatic rings. The molecule has 1 amide bonds. The Hall–Kier alpha value is -0.960. The van der Waals surface area contributed by atoms with E-state index in [9.17, 15) is 13.2 Å². The lowest BCUT2D eigenvalue weighted by atomic mass is 10.3. The van der Waals surface area contributed by atoms with Crippen LogP contribution in [0.5, 0.6) is 0 Å². The summed E-state index contributed by atoms with van der Waals surface area (Å²) in [7, 11) is -3.09. The molecule has 0 aromatic carbocycles. The van der Waals surface area contributed by atoms with E-state index in [2.05, 4.69) is 10.2 Å². The van der Waals surface area contributed by atoms with E-state index in [0.29, 0.717) is 26.1 Å². The fourth-order valence-corrected chi connectivity index (χ4v) is 4.87. The van der Waals surface area contributed by atoms with Crippen molar-refractivity contribution >= 4 is 27.3 Å². The van der Waals surface area contributed by atoms with Crippen LogP contribution in [0.4, 0.5) is 0 Å². The lowest BCUT2D eigenvalue weighted by molar-refractivity contribution is 0.0949. The first-order valence-corrected chi connectivity index (χ1v) is 10.4. The highest BCUT2D eigenvalue weighted by Gasteiger charge is 2.25. The second kappa shape index (κ2) is 8.23. The van der Waals surface area contributed by atoms with E-state index in [-0.39, 0.29) is 11.7 Å². The summed E-state index contributed by atoms with van der Waals surface area (Å²) in [6.45, 7) is 7.71. The number of nitrogens with zero attached hydrogens (tertiary/aromatic N) is 2. The summed E-state index contributed by atoms with van der Waals surface area (Å²) in [5.41, 5.74) is 0. The van der Waals surface area contributed by atoms with Gasteiger partial charge in [-0.1, -0.05) is 6.92 Å². The van der Waals surface area contributed by atoms with Crippen LogP contribution in [-0.2, 0) is 10.0 Å². The first-order valence-electron chi connectivity index (χ1n) is 7.97. The predicted octanol–water partition coefficient (Wildman–Crippen LogP) is 1.14. The number of hydrogen-bond donors (Lipinski definition) is 1. The monoisotopic (exact) mass is 359 g/mol. The van der Waals surface area contributed by atoms with Crippen molar-refractivity contribution in [3.05, 3.63) is 21.9 Å². The minimum atomic E-state index is -3.09. The number of hydrogen-bond acceptors (Lipinski definition) is 5. The van der Waals surface area contributed by atoms with Gasteiger partial charge >= 0.3 is 0 Å². The quantitative estimate of drug-likeness (QED) is 0.793. The normalized spacial score (nSPS) is 17.3. The maximum atomic E-state index is 12.0. The van der Waals surface area contributed by atoms with Crippen LogP contribution in [0.25, 0.3) is 0 Å². The van der Waals surface area contributed by atoms with Crippen molar-refractivity contribution in [3.63, 3.8) is 0 Å². The fourth-order valence-electron chi connectivity index (χ4n) is 2.59. The Morgan fingerprint density at radius 1 is 1.26 bits per heavy atom. The Labute approximate surface area is 142 Å². The van der Waals surface area contributed by atoms with Gasteiger partial charge in [0.15, 0.2) is 0 Å². The van der Waals surface area contributed by atoms with Gasteiger partial charge in [-0.25, -0.2) is 8.42 Å². The molecule has 8 heteroatoms. The first kappa shape index (κ1) is 18.4. The smallest absolute Gasteiger partial charge is 0.261 e. The minimum absolute atomic E-state index is 0.0349. The summed E-state index contributed by atoms with van der Waals surface area (Å²) in [4.78, 5) is 16.0. The van der Waals surface area contributed by atoms with Crippen molar-refractivity contribution in [3.8, 4) is 0 Å². The second-order valence-corrected chi connectivity index (χ2v) is 9.10. The third-order valence-corrected chi connectivity index (χ3v) is 6.94. The van der Waals surface area contributed by atoms with Gasteiger partial charge in [-0.15, -0.1) is 11.3 Å². The molecule has 1 aromatic heterocycles. The molecule has 0 spiro atoms. The average Bonchev–Trinajstić information content (AvgIpc) is 2.94. The van der Waals surface area contributed by atoms with Crippen LogP contribution >= 0.6 is 11.3 Å². The van der Waals surface area contributed by atoms with E-state index in [0.717, 1.165) is 29.4 Å². The maximum Gasteiger partial charge on any atom is 0.261 e. The Kier molecular flexibility index (Phi) is 6.58. The molecular weight excluding hydrogens is 334 g/mol. The van der Waals surface area contributed by atoms with Crippen molar-refractivity contribution in [2.45, 2.75) is 20.3 Å². The molecule has 1 fully saturated rings. The Morgan fingerprint density at radius 3 is 2.52 bits per heavy atom. The highest BCUT2D eigenvalue weighted by molar-refractivity contribution is 7.89. The number of nitrogens with one attached hydrogen (secondary N) is 1. The van der Waals surface area contributed by atoms with Crippen LogP contribution in [0.2, 0.25) is 0 Å². The maximum absolute atomic E-state index is 12.0. The lowest BCUT2D eigenvalue weighted by Gasteiger charge is -2.33. The standard InChI is InChI=1S/C15H25N3O3S2/c1-3-12-23(20,21)18-10-8-17(9-11-18)7-6-16-15(19)14-5-4-13(2)22-14/h4-5H,3,6-12H2,1-2H3,(H,16,19). The van der Waals surface area contributed by atoms with Crippen molar-refractivity contribution < 1.29 is 13.2 Å². The number of aryl methyl sites for hydroxylation is 1. The third-order valence-electron chi connectivity index (χ3n) is 3.86. The average molecular weight is 360 g/mol. The molecule has 6 nitrogen and oxygen atoms in total. The Morgan fingerprint density at radius 2 is 1.96 bits per heavy atom. The van der Waals surface area contributed by atoms with Crippen molar-refractivity contribution in [1.29, 1.82) is 0 Å². The molecule has 1 aromatic rings. The Balaban J connectivity index is 1.70. The topological polar surface area (TPSA) is 69.7 Å². The summed E-state index contributed by atoms with van der Waals surface area (Å²) in [6.07, 6.45) is 0.650. The van der Waals surface area contributed by atoms with E-state index in [4.69, 9.17) is 0 Å². The number of sulfonamides is 1. The number of rotatable bonds is 7. The molecule has 0 aliphatic carbocycles. The van der Waals surface area contributed by atoms with Gasteiger partial charge in [0.25, 0.3) is 5.91 Å². The van der Waals surface area contributed by atoms with Gasteiger partial charge in [-0.2, -0.15) is 4.31 Å². The van der Waals surface area contributed by atoms with E-state index < -0.39 is 10.0 Å². The van der Waals surface area contributed by atoms with E-state index in [1.807, 2.05) is 26.0 Å². The van der Waals surface area contributed by atoms with Crippen molar-refractivity contribution in [2.24, 2.45) is 0 Å². The van der Waals surface area contributed by atoms with Gasteiger partial charge < -0.3 is 5.32 Å². The zero-order valence-electron chi connectivity index (χ0n) is 13.7. The summed E-state index contributed by atoms with van der Waals surface area (Å²) in [5.74, 6) is 0.191. The molecule has 0 saturated carbocycles. The predicted molar refractivity (Wildman–Crippen MR) is 93.5 cm³/mol. The van der Waals surface area contributed by atoms with E-state index in [1.165, 1.54) is 11.3 Å². The molecule has 0 atom stereocenters. The number of carbonyl (C=O) groups excluding carboxylic acids is 1. The van der Waals surface area contributed by atoms with Gasteiger partial charge in [-0.05, 0) is 25.5 Å². The summed E-state index contributed by atoms with van der Waals surface area (Å²) < 4.78 is 25.6. The summed E-state index contributed by atoms with van der Waals surface area (Å²) >= 11 is 1.49. The van der Waals surface area contributed by atoms with Crippen LogP contribution in [0.15, 0.2) is 12.1 Å². The fraction of sp³-hybridized carbons (Fsp3) is 0.667. The molecule has 130 valence electrons. The molecule has 0 unspecified atom stereocenters. The van der Waals surface area contributed by atoms with Crippen LogP contribution in [-0.4, -0.2) is 68.6 Å². The first-order chi connectivity index (χ1) is 10.9. The van der Waals surface area contributed by atoms with Gasteiger partial charge in [0, 0.05) is 44.1 Å². The Bertz CT molecular complexity index is 620. The molecule has 0 bridgehead atoms. The van der Waals surface area contributed by atoms with Crippen LogP contribution < -0.4 is 5.32 Å². The van der Waals surface area contributed by atoms with E-state index in [1.54, 1.807) is 4.31 Å². The van der Waals surface area contributed by atoms with Gasteiger partial charge in [-0.3, -0.25) is 9.69 Å². The van der Waals surface area contributed by atoms with E-state index >= 15 is 0 Å². The van der Waals surface area contributed by atoms with Gasteiger partial charge in [0.1, 0.15) is 0 Å². The number of carbonyl (C=O) groups is 1. The van der Waals surface area contributed by atoms with Crippen molar-refractivity contribution in [2.75, 3.05) is 45.0 Å². The van der Waals surface area contributed by atoms with Gasteiger partial charge in [0.05, 0.1) is 10.6 Å². The highest BCUT2D eigenvalue weighted by atomic mass is 32.2. The molecule has 23 heavy (non-hydrogen) atoms. The second-order valence-electron chi connectivity index (χ2n) is 5.72. The molecule has 1 aliphatic heterocycles. The lowest BCUT2D eigenvalue weighted by Crippen LogP contribution is -2.50. The minimum Gasteiger partial charge on any atom is -0.350 e.